The summed E-state index contributed by atoms with van der Waals surface area (Å²) in [6.07, 6.45) is 1.74. The third-order valence-corrected chi connectivity index (χ3v) is 5.84. The van der Waals surface area contributed by atoms with Gasteiger partial charge in [0.25, 0.3) is 5.91 Å². The molecule has 3 aromatic rings. The summed E-state index contributed by atoms with van der Waals surface area (Å²) in [5.74, 6) is 1.21. The van der Waals surface area contributed by atoms with E-state index in [1.54, 1.807) is 6.08 Å². The van der Waals surface area contributed by atoms with Gasteiger partial charge in [-0.25, -0.2) is 4.99 Å². The second kappa shape index (κ2) is 7.81. The zero-order valence-electron chi connectivity index (χ0n) is 15.3. The van der Waals surface area contributed by atoms with Gasteiger partial charge < -0.3 is 9.73 Å². The molecule has 0 aliphatic carbocycles. The quantitative estimate of drug-likeness (QED) is 0.480. The Morgan fingerprint density at radius 2 is 1.82 bits per heavy atom. The Labute approximate surface area is 175 Å². The van der Waals surface area contributed by atoms with Crippen LogP contribution in [0.3, 0.4) is 0 Å². The molecule has 1 saturated heterocycles. The first kappa shape index (κ1) is 18.8. The van der Waals surface area contributed by atoms with E-state index in [-0.39, 0.29) is 5.91 Å². The van der Waals surface area contributed by atoms with E-state index in [1.165, 1.54) is 22.9 Å². The maximum atomic E-state index is 12.3. The van der Waals surface area contributed by atoms with Crippen molar-refractivity contribution < 1.29 is 9.21 Å². The standard InChI is InChI=1S/C22H17BrN2O2S/c1-13-3-8-17(11-14(13)2)24-22-25-21(26)20(28-22)12-18-9-10-19(27-18)15-4-6-16(23)7-5-15/h3-12H,1-2H3,(H,24,25,26). The summed E-state index contributed by atoms with van der Waals surface area (Å²) in [6.45, 7) is 4.11. The van der Waals surface area contributed by atoms with Gasteiger partial charge in [0.2, 0.25) is 0 Å². The lowest BCUT2D eigenvalue weighted by Gasteiger charge is -2.01. The van der Waals surface area contributed by atoms with Crippen LogP contribution in [0.5, 0.6) is 0 Å². The molecule has 0 radical (unpaired) electrons. The molecular formula is C22H17BrN2O2S. The highest BCUT2D eigenvalue weighted by Crippen LogP contribution is 2.30. The number of amides is 1. The van der Waals surface area contributed by atoms with Crippen LogP contribution < -0.4 is 5.32 Å². The molecule has 4 rings (SSSR count). The van der Waals surface area contributed by atoms with Crippen molar-refractivity contribution in [1.82, 2.24) is 5.32 Å². The van der Waals surface area contributed by atoms with E-state index in [0.29, 0.717) is 15.8 Å². The van der Waals surface area contributed by atoms with Crippen molar-refractivity contribution in [3.63, 3.8) is 0 Å². The summed E-state index contributed by atoms with van der Waals surface area (Å²) in [5.41, 5.74) is 4.19. The molecule has 1 amide bonds. The number of aryl methyl sites for hydroxylation is 2. The number of amidine groups is 1. The second-order valence-electron chi connectivity index (χ2n) is 6.46. The van der Waals surface area contributed by atoms with Crippen LogP contribution in [0.25, 0.3) is 17.4 Å². The molecule has 1 fully saturated rings. The minimum atomic E-state index is -0.172. The Kier molecular flexibility index (Phi) is 5.24. The molecule has 0 atom stereocenters. The fourth-order valence-electron chi connectivity index (χ4n) is 2.72. The van der Waals surface area contributed by atoms with Gasteiger partial charge in [0.1, 0.15) is 11.5 Å². The SMILES string of the molecule is Cc1ccc(N=C2NC(=O)C(=Cc3ccc(-c4ccc(Br)cc4)o3)S2)cc1C. The Morgan fingerprint density at radius 1 is 1.04 bits per heavy atom. The van der Waals surface area contributed by atoms with Gasteiger partial charge in [-0.3, -0.25) is 4.79 Å². The van der Waals surface area contributed by atoms with Gasteiger partial charge in [-0.05, 0) is 73.1 Å². The first-order valence-corrected chi connectivity index (χ1v) is 10.3. The lowest BCUT2D eigenvalue weighted by Crippen LogP contribution is -2.19. The van der Waals surface area contributed by atoms with Gasteiger partial charge >= 0.3 is 0 Å². The molecule has 0 saturated carbocycles. The maximum Gasteiger partial charge on any atom is 0.264 e. The van der Waals surface area contributed by atoms with Crippen LogP contribution >= 0.6 is 27.7 Å². The number of nitrogens with zero attached hydrogens (tertiary/aromatic N) is 1. The van der Waals surface area contributed by atoms with Crippen LogP contribution in [0.2, 0.25) is 0 Å². The number of rotatable bonds is 3. The highest BCUT2D eigenvalue weighted by Gasteiger charge is 2.24. The topological polar surface area (TPSA) is 54.6 Å². The number of aliphatic imine (C=N–C) groups is 1. The molecule has 2 aromatic carbocycles. The molecule has 1 aliphatic heterocycles. The molecular weight excluding hydrogens is 436 g/mol. The van der Waals surface area contributed by atoms with E-state index in [9.17, 15) is 4.79 Å². The average molecular weight is 453 g/mol. The summed E-state index contributed by atoms with van der Waals surface area (Å²) >= 11 is 4.74. The highest BCUT2D eigenvalue weighted by atomic mass is 79.9. The lowest BCUT2D eigenvalue weighted by molar-refractivity contribution is -0.115. The number of benzene rings is 2. The van der Waals surface area contributed by atoms with E-state index in [2.05, 4.69) is 33.2 Å². The van der Waals surface area contributed by atoms with Gasteiger partial charge in [-0.1, -0.05) is 34.1 Å². The van der Waals surface area contributed by atoms with Gasteiger partial charge in [0.05, 0.1) is 10.6 Å². The first-order valence-electron chi connectivity index (χ1n) is 8.70. The van der Waals surface area contributed by atoms with E-state index >= 15 is 0 Å². The summed E-state index contributed by atoms with van der Waals surface area (Å²) in [7, 11) is 0. The van der Waals surface area contributed by atoms with Crippen LogP contribution in [-0.4, -0.2) is 11.1 Å². The van der Waals surface area contributed by atoms with E-state index in [0.717, 1.165) is 21.5 Å². The normalized spacial score (nSPS) is 16.8. The molecule has 4 nitrogen and oxygen atoms in total. The number of thioether (sulfide) groups is 1. The van der Waals surface area contributed by atoms with Crippen LogP contribution in [0.4, 0.5) is 5.69 Å². The largest absolute Gasteiger partial charge is 0.457 e. The van der Waals surface area contributed by atoms with Gasteiger partial charge in [-0.15, -0.1) is 0 Å². The van der Waals surface area contributed by atoms with E-state index < -0.39 is 0 Å². The smallest absolute Gasteiger partial charge is 0.264 e. The minimum Gasteiger partial charge on any atom is -0.457 e. The number of furan rings is 1. The van der Waals surface area contributed by atoms with Crippen LogP contribution in [0, 0.1) is 13.8 Å². The predicted octanol–water partition coefficient (Wildman–Crippen LogP) is 6.22. The van der Waals surface area contributed by atoms with Crippen LogP contribution in [-0.2, 0) is 4.79 Å². The molecule has 1 aromatic heterocycles. The molecule has 1 N–H and O–H groups in total. The van der Waals surface area contributed by atoms with Crippen LogP contribution in [0.1, 0.15) is 16.9 Å². The van der Waals surface area contributed by atoms with Gasteiger partial charge in [0, 0.05) is 16.1 Å². The third kappa shape index (κ3) is 4.13. The Hall–Kier alpha value is -2.57. The van der Waals surface area contributed by atoms with Crippen LogP contribution in [0.15, 0.2) is 73.4 Å². The predicted molar refractivity (Wildman–Crippen MR) is 119 cm³/mol. The van der Waals surface area contributed by atoms with Crippen molar-refractivity contribution in [3.8, 4) is 11.3 Å². The first-order chi connectivity index (χ1) is 13.5. The van der Waals surface area contributed by atoms with Crippen molar-refractivity contribution in [3.05, 3.63) is 80.9 Å². The maximum absolute atomic E-state index is 12.3. The zero-order chi connectivity index (χ0) is 19.7. The van der Waals surface area contributed by atoms with Gasteiger partial charge in [-0.2, -0.15) is 0 Å². The number of hydrogen-bond acceptors (Lipinski definition) is 4. The lowest BCUT2D eigenvalue weighted by atomic mass is 10.1. The Balaban J connectivity index is 1.54. The Bertz CT molecular complexity index is 1110. The summed E-state index contributed by atoms with van der Waals surface area (Å²) < 4.78 is 6.89. The van der Waals surface area contributed by atoms with Crippen molar-refractivity contribution in [2.24, 2.45) is 4.99 Å². The summed E-state index contributed by atoms with van der Waals surface area (Å²) in [5, 5.41) is 3.38. The third-order valence-electron chi connectivity index (χ3n) is 4.40. The number of carbonyl (C=O) groups is 1. The minimum absolute atomic E-state index is 0.172. The fourth-order valence-corrected chi connectivity index (χ4v) is 3.81. The average Bonchev–Trinajstić information content (AvgIpc) is 3.26. The number of hydrogen-bond donors (Lipinski definition) is 1. The fraction of sp³-hybridized carbons (Fsp3) is 0.0909. The molecule has 0 bridgehead atoms. The molecule has 28 heavy (non-hydrogen) atoms. The summed E-state index contributed by atoms with van der Waals surface area (Å²) in [4.78, 5) is 17.4. The zero-order valence-corrected chi connectivity index (χ0v) is 17.7. The number of carbonyl (C=O) groups excluding carboxylic acids is 1. The summed E-state index contributed by atoms with van der Waals surface area (Å²) in [6, 6.07) is 17.6. The molecule has 2 heterocycles. The monoisotopic (exact) mass is 452 g/mol. The van der Waals surface area contributed by atoms with Crippen molar-refractivity contribution in [2.75, 3.05) is 0 Å². The number of nitrogens with one attached hydrogen (secondary N) is 1. The molecule has 0 spiro atoms. The van der Waals surface area contributed by atoms with Crippen molar-refractivity contribution in [2.45, 2.75) is 13.8 Å². The van der Waals surface area contributed by atoms with Crippen molar-refractivity contribution >= 4 is 50.5 Å². The highest BCUT2D eigenvalue weighted by molar-refractivity contribution is 9.10. The molecule has 0 unspecified atom stereocenters. The van der Waals surface area contributed by atoms with Crippen molar-refractivity contribution in [1.29, 1.82) is 0 Å². The molecule has 6 heteroatoms. The molecule has 140 valence electrons. The molecule has 1 aliphatic rings. The van der Waals surface area contributed by atoms with Gasteiger partial charge in [0.15, 0.2) is 5.17 Å². The number of halogens is 1. The van der Waals surface area contributed by atoms with E-state index in [4.69, 9.17) is 4.42 Å². The second-order valence-corrected chi connectivity index (χ2v) is 8.41. The Morgan fingerprint density at radius 3 is 2.57 bits per heavy atom. The van der Waals surface area contributed by atoms with E-state index in [1.807, 2.05) is 61.5 Å².